The zero-order valence-electron chi connectivity index (χ0n) is 13.0. The van der Waals surface area contributed by atoms with Gasteiger partial charge < -0.3 is 10.1 Å². The predicted molar refractivity (Wildman–Crippen MR) is 86.4 cm³/mol. The molecule has 0 fully saturated rings. The number of nitrogens with one attached hydrogen (secondary N) is 1. The van der Waals surface area contributed by atoms with Crippen LogP contribution in [0, 0.1) is 10.1 Å². The molecule has 7 nitrogen and oxygen atoms in total. The number of carbonyl (C=O) groups excluding carboxylic acids is 2. The molecule has 24 heavy (non-hydrogen) atoms. The highest BCUT2D eigenvalue weighted by molar-refractivity contribution is 5.95. The van der Waals surface area contributed by atoms with E-state index in [9.17, 15) is 19.7 Å². The Hall–Kier alpha value is -3.22. The van der Waals surface area contributed by atoms with Crippen LogP contribution < -0.4 is 5.32 Å². The second-order valence-corrected chi connectivity index (χ2v) is 5.02. The molecule has 0 aromatic heterocycles. The third kappa shape index (κ3) is 4.39. The minimum Gasteiger partial charge on any atom is -0.469 e. The first-order valence-electron chi connectivity index (χ1n) is 7.18. The van der Waals surface area contributed by atoms with Gasteiger partial charge in [-0.25, -0.2) is 0 Å². The standard InChI is InChI=1S/C17H16N2O5/c1-24-16(20)11-15(12-6-3-2-4-7-12)18-17(21)13-8-5-9-14(10-13)19(22)23/h2-10,15H,11H2,1H3,(H,18,21)/t15-/m0/s1. The normalized spacial score (nSPS) is 11.4. The molecule has 0 bridgehead atoms. The molecule has 0 saturated carbocycles. The zero-order chi connectivity index (χ0) is 17.5. The molecule has 1 atom stereocenters. The van der Waals surface area contributed by atoms with E-state index in [1.807, 2.05) is 6.07 Å². The average molecular weight is 328 g/mol. The minimum absolute atomic E-state index is 0.0405. The van der Waals surface area contributed by atoms with Crippen LogP contribution in [0.1, 0.15) is 28.4 Å². The van der Waals surface area contributed by atoms with E-state index in [2.05, 4.69) is 10.1 Å². The quantitative estimate of drug-likeness (QED) is 0.499. The molecule has 0 spiro atoms. The number of nitrogens with zero attached hydrogens (tertiary/aromatic N) is 1. The first-order chi connectivity index (χ1) is 11.5. The summed E-state index contributed by atoms with van der Waals surface area (Å²) in [6.45, 7) is 0. The van der Waals surface area contributed by atoms with Gasteiger partial charge in [0.15, 0.2) is 0 Å². The second-order valence-electron chi connectivity index (χ2n) is 5.02. The average Bonchev–Trinajstić information content (AvgIpc) is 2.61. The molecule has 0 unspecified atom stereocenters. The number of non-ortho nitro benzene ring substituents is 1. The molecule has 0 radical (unpaired) electrons. The number of hydrogen-bond donors (Lipinski definition) is 1. The van der Waals surface area contributed by atoms with Crippen LogP contribution in [0.25, 0.3) is 0 Å². The van der Waals surface area contributed by atoms with Crippen molar-refractivity contribution in [1.82, 2.24) is 5.32 Å². The third-order valence-electron chi connectivity index (χ3n) is 3.42. The number of hydrogen-bond acceptors (Lipinski definition) is 5. The number of ether oxygens (including phenoxy) is 1. The van der Waals surface area contributed by atoms with E-state index < -0.39 is 22.8 Å². The van der Waals surface area contributed by atoms with E-state index in [0.29, 0.717) is 0 Å². The van der Waals surface area contributed by atoms with Crippen molar-refractivity contribution in [2.24, 2.45) is 0 Å². The van der Waals surface area contributed by atoms with Crippen molar-refractivity contribution in [1.29, 1.82) is 0 Å². The highest BCUT2D eigenvalue weighted by Crippen LogP contribution is 2.19. The van der Waals surface area contributed by atoms with Gasteiger partial charge in [0.1, 0.15) is 0 Å². The zero-order valence-corrected chi connectivity index (χ0v) is 13.0. The van der Waals surface area contributed by atoms with Crippen LogP contribution in [-0.4, -0.2) is 23.9 Å². The van der Waals surface area contributed by atoms with Gasteiger partial charge >= 0.3 is 5.97 Å². The Morgan fingerprint density at radius 3 is 2.50 bits per heavy atom. The van der Waals surface area contributed by atoms with E-state index in [1.54, 1.807) is 24.3 Å². The Bertz CT molecular complexity index is 746. The molecule has 1 N–H and O–H groups in total. The van der Waals surface area contributed by atoms with Crippen LogP contribution in [-0.2, 0) is 9.53 Å². The van der Waals surface area contributed by atoms with Gasteiger partial charge in [0, 0.05) is 17.7 Å². The monoisotopic (exact) mass is 328 g/mol. The maximum Gasteiger partial charge on any atom is 0.307 e. The third-order valence-corrected chi connectivity index (χ3v) is 3.42. The molecule has 0 heterocycles. The van der Waals surface area contributed by atoms with Gasteiger partial charge in [-0.15, -0.1) is 0 Å². The smallest absolute Gasteiger partial charge is 0.307 e. The summed E-state index contributed by atoms with van der Waals surface area (Å²) < 4.78 is 4.66. The fourth-order valence-corrected chi connectivity index (χ4v) is 2.19. The number of nitro benzene ring substituents is 1. The summed E-state index contributed by atoms with van der Waals surface area (Å²) in [4.78, 5) is 34.2. The van der Waals surface area contributed by atoms with Crippen molar-refractivity contribution < 1.29 is 19.2 Å². The Kier molecular flexibility index (Phi) is 5.62. The lowest BCUT2D eigenvalue weighted by atomic mass is 10.0. The molecular weight excluding hydrogens is 312 g/mol. The number of rotatable bonds is 6. The fraction of sp³-hybridized carbons (Fsp3) is 0.176. The van der Waals surface area contributed by atoms with Crippen LogP contribution >= 0.6 is 0 Å². The summed E-state index contributed by atoms with van der Waals surface area (Å²) >= 11 is 0. The van der Waals surface area contributed by atoms with E-state index in [1.165, 1.54) is 31.4 Å². The highest BCUT2D eigenvalue weighted by Gasteiger charge is 2.20. The number of carbonyl (C=O) groups is 2. The largest absolute Gasteiger partial charge is 0.469 e. The van der Waals surface area contributed by atoms with Gasteiger partial charge in [0.2, 0.25) is 0 Å². The molecular formula is C17H16N2O5. The number of methoxy groups -OCH3 is 1. The molecule has 2 rings (SSSR count). The summed E-state index contributed by atoms with van der Waals surface area (Å²) in [7, 11) is 1.27. The Morgan fingerprint density at radius 1 is 1.17 bits per heavy atom. The fourth-order valence-electron chi connectivity index (χ4n) is 2.19. The maximum absolute atomic E-state index is 12.4. The number of amides is 1. The first-order valence-corrected chi connectivity index (χ1v) is 7.18. The van der Waals surface area contributed by atoms with Crippen LogP contribution in [0.2, 0.25) is 0 Å². The van der Waals surface area contributed by atoms with Crippen LogP contribution in [0.3, 0.4) is 0 Å². The second kappa shape index (κ2) is 7.87. The van der Waals surface area contributed by atoms with Crippen molar-refractivity contribution in [2.45, 2.75) is 12.5 Å². The van der Waals surface area contributed by atoms with Gasteiger partial charge in [0.25, 0.3) is 11.6 Å². The Morgan fingerprint density at radius 2 is 1.88 bits per heavy atom. The predicted octanol–water partition coefficient (Wildman–Crippen LogP) is 2.63. The lowest BCUT2D eigenvalue weighted by molar-refractivity contribution is -0.384. The molecule has 0 aliphatic rings. The summed E-state index contributed by atoms with van der Waals surface area (Å²) in [5, 5.41) is 13.5. The van der Waals surface area contributed by atoms with E-state index in [-0.39, 0.29) is 17.7 Å². The summed E-state index contributed by atoms with van der Waals surface area (Å²) in [6, 6.07) is 13.8. The molecule has 1 amide bonds. The molecule has 0 aliphatic carbocycles. The maximum atomic E-state index is 12.4. The lowest BCUT2D eigenvalue weighted by Gasteiger charge is -2.18. The molecule has 124 valence electrons. The molecule has 2 aromatic rings. The van der Waals surface area contributed by atoms with Gasteiger partial charge in [-0.3, -0.25) is 19.7 Å². The van der Waals surface area contributed by atoms with Crippen LogP contribution in [0.15, 0.2) is 54.6 Å². The van der Waals surface area contributed by atoms with E-state index in [0.717, 1.165) is 5.56 Å². The summed E-state index contributed by atoms with van der Waals surface area (Å²) in [5.74, 6) is -0.973. The molecule has 0 saturated heterocycles. The van der Waals surface area contributed by atoms with Gasteiger partial charge in [0.05, 0.1) is 24.5 Å². The lowest BCUT2D eigenvalue weighted by Crippen LogP contribution is -2.30. The van der Waals surface area contributed by atoms with Crippen molar-refractivity contribution in [3.8, 4) is 0 Å². The van der Waals surface area contributed by atoms with Crippen molar-refractivity contribution in [2.75, 3.05) is 7.11 Å². The molecule has 0 aliphatic heterocycles. The van der Waals surface area contributed by atoms with Crippen LogP contribution in [0.4, 0.5) is 5.69 Å². The van der Waals surface area contributed by atoms with Crippen molar-refractivity contribution in [3.63, 3.8) is 0 Å². The summed E-state index contributed by atoms with van der Waals surface area (Å²) in [6.07, 6.45) is -0.0405. The van der Waals surface area contributed by atoms with Gasteiger partial charge in [-0.2, -0.15) is 0 Å². The Balaban J connectivity index is 2.22. The highest BCUT2D eigenvalue weighted by atomic mass is 16.6. The van der Waals surface area contributed by atoms with Gasteiger partial charge in [-0.05, 0) is 11.6 Å². The van der Waals surface area contributed by atoms with E-state index >= 15 is 0 Å². The van der Waals surface area contributed by atoms with E-state index in [4.69, 9.17) is 0 Å². The number of benzene rings is 2. The number of nitro groups is 1. The molecule has 7 heteroatoms. The Labute approximate surface area is 138 Å². The number of esters is 1. The summed E-state index contributed by atoms with van der Waals surface area (Å²) in [5.41, 5.74) is 0.712. The van der Waals surface area contributed by atoms with Crippen molar-refractivity contribution in [3.05, 3.63) is 75.8 Å². The first kappa shape index (κ1) is 17.1. The molecule has 2 aromatic carbocycles. The van der Waals surface area contributed by atoms with Gasteiger partial charge in [-0.1, -0.05) is 36.4 Å². The van der Waals surface area contributed by atoms with Crippen molar-refractivity contribution >= 4 is 17.6 Å². The SMILES string of the molecule is COC(=O)C[C@H](NC(=O)c1cccc([N+](=O)[O-])c1)c1ccccc1. The topological polar surface area (TPSA) is 98.5 Å². The van der Waals surface area contributed by atoms with Crippen LogP contribution in [0.5, 0.6) is 0 Å². The minimum atomic E-state index is -0.592.